The Morgan fingerprint density at radius 2 is 1.93 bits per heavy atom. The van der Waals surface area contributed by atoms with Crippen LogP contribution < -0.4 is 26.6 Å². The Hall–Kier alpha value is -1.35. The maximum absolute atomic E-state index is 13.4. The van der Waals surface area contributed by atoms with Crippen LogP contribution in [0.3, 0.4) is 0 Å². The van der Waals surface area contributed by atoms with Gasteiger partial charge in [-0.05, 0) is 77.2 Å². The molecule has 0 radical (unpaired) electrons. The molecule has 0 aromatic rings. The number of carbonyl (C=O) groups is 1. The highest BCUT2D eigenvalue weighted by molar-refractivity contribution is 5.86. The summed E-state index contributed by atoms with van der Waals surface area (Å²) in [7, 11) is 3.65. The van der Waals surface area contributed by atoms with Crippen molar-refractivity contribution in [1.82, 2.24) is 26.6 Å². The number of aliphatic hydroxyl groups excluding tert-OH is 2. The van der Waals surface area contributed by atoms with E-state index in [0.717, 1.165) is 24.6 Å². The van der Waals surface area contributed by atoms with Crippen LogP contribution in [-0.4, -0.2) is 123 Å². The highest BCUT2D eigenvalue weighted by Gasteiger charge is 2.54. The molecule has 5 rings (SSSR count). The summed E-state index contributed by atoms with van der Waals surface area (Å²) >= 11 is 0. The molecular weight excluding hydrogens is 554 g/mol. The number of amides is 1. The summed E-state index contributed by atoms with van der Waals surface area (Å²) in [6, 6.07) is -1.15. The van der Waals surface area contributed by atoms with Crippen molar-refractivity contribution in [3.63, 3.8) is 0 Å². The summed E-state index contributed by atoms with van der Waals surface area (Å²) in [4.78, 5) is 13.4. The molecule has 0 bridgehead atoms. The molecule has 3 aliphatic heterocycles. The van der Waals surface area contributed by atoms with Gasteiger partial charge in [0.25, 0.3) is 5.91 Å². The van der Waals surface area contributed by atoms with Crippen molar-refractivity contribution in [2.24, 2.45) is 23.2 Å². The highest BCUT2D eigenvalue weighted by atomic mass is 16.7. The second-order valence-electron chi connectivity index (χ2n) is 14.3. The number of hydrogen-bond acceptors (Lipinski definition) is 11. The number of nitrogens with one attached hydrogen (secondary N) is 5. The number of carbonyl (C=O) groups excluding carboxylic acids is 1. The monoisotopic (exact) mass is 609 g/mol. The highest BCUT2D eigenvalue weighted by Crippen LogP contribution is 2.40. The molecule has 0 aromatic heterocycles. The molecule has 246 valence electrons. The van der Waals surface area contributed by atoms with Crippen molar-refractivity contribution in [2.45, 2.75) is 107 Å². The first-order chi connectivity index (χ1) is 20.5. The van der Waals surface area contributed by atoms with Gasteiger partial charge in [0.2, 0.25) is 0 Å². The van der Waals surface area contributed by atoms with Crippen LogP contribution in [0.4, 0.5) is 0 Å². The molecule has 2 aliphatic carbocycles. The summed E-state index contributed by atoms with van der Waals surface area (Å²) in [5, 5.41) is 50.6. The van der Waals surface area contributed by atoms with Crippen LogP contribution in [0.1, 0.15) is 52.9 Å². The molecule has 2 saturated carbocycles. The summed E-state index contributed by atoms with van der Waals surface area (Å²) in [6.07, 6.45) is 2.01. The van der Waals surface area contributed by atoms with Gasteiger partial charge in [-0.2, -0.15) is 0 Å². The largest absolute Gasteiger partial charge is 0.493 e. The first-order valence-corrected chi connectivity index (χ1v) is 16.3. The van der Waals surface area contributed by atoms with E-state index < -0.39 is 42.2 Å². The molecule has 12 heteroatoms. The first-order valence-electron chi connectivity index (χ1n) is 16.3. The average Bonchev–Trinajstić information content (AvgIpc) is 3.69. The van der Waals surface area contributed by atoms with Gasteiger partial charge in [-0.15, -0.1) is 0 Å². The van der Waals surface area contributed by atoms with Crippen LogP contribution in [0.5, 0.6) is 0 Å². The van der Waals surface area contributed by atoms with Crippen molar-refractivity contribution in [1.29, 1.82) is 0 Å². The predicted molar refractivity (Wildman–Crippen MR) is 161 cm³/mol. The van der Waals surface area contributed by atoms with E-state index in [1.165, 1.54) is 12.8 Å². The maximum Gasteiger partial charge on any atom is 0.253 e. The predicted octanol–water partition coefficient (Wildman–Crippen LogP) is -0.810. The van der Waals surface area contributed by atoms with Crippen LogP contribution in [0.15, 0.2) is 11.8 Å². The molecule has 2 saturated heterocycles. The van der Waals surface area contributed by atoms with Crippen molar-refractivity contribution in [3.05, 3.63) is 11.8 Å². The van der Waals surface area contributed by atoms with Crippen molar-refractivity contribution >= 4 is 5.91 Å². The number of likely N-dealkylation sites (N-methyl/N-ethyl adjacent to an activating group) is 1. The third-order valence-electron chi connectivity index (χ3n) is 10.4. The molecule has 11 atom stereocenters. The molecule has 1 amide bonds. The van der Waals surface area contributed by atoms with E-state index in [-0.39, 0.29) is 42.0 Å². The molecule has 11 unspecified atom stereocenters. The van der Waals surface area contributed by atoms with Crippen molar-refractivity contribution in [3.8, 4) is 0 Å². The number of β-amino-alcohol motifs (C(OH)–C–C–N with tert-alkyl or cyclic N) is 1. The number of aliphatic hydroxyl groups is 3. The van der Waals surface area contributed by atoms with E-state index in [1.807, 2.05) is 20.9 Å². The fraction of sp³-hybridized carbons (Fsp3) is 0.903. The van der Waals surface area contributed by atoms with Crippen LogP contribution in [0.2, 0.25) is 0 Å². The Morgan fingerprint density at radius 3 is 2.58 bits per heavy atom. The molecule has 0 spiro atoms. The molecule has 5 aliphatic rings. The van der Waals surface area contributed by atoms with Gasteiger partial charge >= 0.3 is 0 Å². The van der Waals surface area contributed by atoms with Gasteiger partial charge in [0.05, 0.1) is 25.3 Å². The standard InChI is InChI=1S/C31H55N5O7/c1-17-6-9-19(14-35-13-18-7-8-18)42-25(17)22-20(32-4)12-21(36-29(39)31(40)10-11-34-15-31)26(23(22)37)43-28-24(38)27(33-5)30(2,3)16-41-28/h9,17-18,20-28,32-35,37-38,40H,6-8,10-16H2,1-5H3,(H,36,39). The molecule has 8 N–H and O–H groups in total. The molecule has 4 fully saturated rings. The topological polar surface area (TPSA) is 166 Å². The summed E-state index contributed by atoms with van der Waals surface area (Å²) < 4.78 is 19.1. The quantitative estimate of drug-likeness (QED) is 0.148. The number of ether oxygens (including phenoxy) is 3. The van der Waals surface area contributed by atoms with E-state index in [4.69, 9.17) is 14.2 Å². The van der Waals surface area contributed by atoms with Crippen molar-refractivity contribution < 1.29 is 34.3 Å². The fourth-order valence-electron chi connectivity index (χ4n) is 7.51. The summed E-state index contributed by atoms with van der Waals surface area (Å²) in [5.74, 6) is 0.941. The number of rotatable bonds is 11. The third-order valence-corrected chi connectivity index (χ3v) is 10.4. The zero-order valence-corrected chi connectivity index (χ0v) is 26.5. The average molecular weight is 610 g/mol. The summed E-state index contributed by atoms with van der Waals surface area (Å²) in [5.41, 5.74) is -1.87. The Balaban J connectivity index is 1.37. The number of allylic oxidation sites excluding steroid dienone is 1. The molecule has 43 heavy (non-hydrogen) atoms. The second kappa shape index (κ2) is 13.6. The van der Waals surface area contributed by atoms with Gasteiger partial charge in [-0.1, -0.05) is 20.8 Å². The van der Waals surface area contributed by atoms with Gasteiger partial charge < -0.3 is 56.1 Å². The van der Waals surface area contributed by atoms with Crippen molar-refractivity contribution in [2.75, 3.05) is 46.9 Å². The molecule has 0 aromatic carbocycles. The third kappa shape index (κ3) is 7.23. The van der Waals surface area contributed by atoms with Crippen LogP contribution in [-0.2, 0) is 19.0 Å². The van der Waals surface area contributed by atoms with Gasteiger partial charge in [-0.25, -0.2) is 0 Å². The van der Waals surface area contributed by atoms with E-state index in [2.05, 4.69) is 39.6 Å². The van der Waals surface area contributed by atoms with Crippen LogP contribution >= 0.6 is 0 Å². The van der Waals surface area contributed by atoms with E-state index in [1.54, 1.807) is 7.05 Å². The smallest absolute Gasteiger partial charge is 0.253 e. The Morgan fingerprint density at radius 1 is 1.16 bits per heavy atom. The fourth-order valence-corrected chi connectivity index (χ4v) is 7.51. The minimum atomic E-state index is -1.53. The maximum atomic E-state index is 13.4. The molecule has 12 nitrogen and oxygen atoms in total. The normalized spacial score (nSPS) is 43.1. The van der Waals surface area contributed by atoms with Gasteiger partial charge in [0.15, 0.2) is 11.9 Å². The SMILES string of the molecule is CNC1CC(NC(=O)C2(O)CCNC2)C(OC2OCC(C)(C)C(NC)C2O)C(O)C1C1OC(CNCC2CC2)=CCC1C. The Labute approximate surface area is 256 Å². The van der Waals surface area contributed by atoms with E-state index >= 15 is 0 Å². The lowest BCUT2D eigenvalue weighted by Crippen LogP contribution is -2.68. The van der Waals surface area contributed by atoms with E-state index in [0.29, 0.717) is 32.5 Å². The van der Waals surface area contributed by atoms with Crippen LogP contribution in [0, 0.1) is 23.2 Å². The lowest BCUT2D eigenvalue weighted by molar-refractivity contribution is -0.288. The minimum absolute atomic E-state index is 0.144. The Kier molecular flexibility index (Phi) is 10.4. The Bertz CT molecular complexity index is 988. The van der Waals surface area contributed by atoms with E-state index in [9.17, 15) is 20.1 Å². The molecule has 3 heterocycles. The second-order valence-corrected chi connectivity index (χ2v) is 14.3. The van der Waals surface area contributed by atoms with Gasteiger partial charge in [-0.3, -0.25) is 4.79 Å². The van der Waals surface area contributed by atoms with Gasteiger partial charge in [0, 0.05) is 30.0 Å². The van der Waals surface area contributed by atoms with Gasteiger partial charge in [0.1, 0.15) is 24.1 Å². The number of hydrogen-bond donors (Lipinski definition) is 8. The lowest BCUT2D eigenvalue weighted by Gasteiger charge is -2.51. The lowest BCUT2D eigenvalue weighted by atomic mass is 9.71. The first kappa shape index (κ1) is 33.0. The molecular formula is C31H55N5O7. The van der Waals surface area contributed by atoms with Crippen LogP contribution in [0.25, 0.3) is 0 Å². The minimum Gasteiger partial charge on any atom is -0.493 e. The zero-order valence-electron chi connectivity index (χ0n) is 26.5. The summed E-state index contributed by atoms with van der Waals surface area (Å²) in [6.45, 7) is 8.86. The zero-order chi connectivity index (χ0) is 30.9.